The summed E-state index contributed by atoms with van der Waals surface area (Å²) in [7, 11) is -2.46. The monoisotopic (exact) mass is 136 g/mol. The summed E-state index contributed by atoms with van der Waals surface area (Å²) in [5.41, 5.74) is 1.61. The lowest BCUT2D eigenvalue weighted by atomic mass is 10.8. The van der Waals surface area contributed by atoms with E-state index in [9.17, 15) is 13.2 Å². The molecule has 0 radical (unpaired) electrons. The van der Waals surface area contributed by atoms with Gasteiger partial charge in [0.2, 0.25) is 10.3 Å². The molecule has 0 aromatic carbocycles. The van der Waals surface area contributed by atoms with Crippen molar-refractivity contribution in [3.8, 4) is 0 Å². The Morgan fingerprint density at radius 3 is 2.25 bits per heavy atom. The van der Waals surface area contributed by atoms with Crippen LogP contribution in [0.25, 0.3) is 0 Å². The van der Waals surface area contributed by atoms with E-state index in [4.69, 9.17) is 0 Å². The molecule has 0 atom stereocenters. The van der Waals surface area contributed by atoms with E-state index in [0.717, 1.165) is 0 Å². The molecule has 0 aromatic rings. The third-order valence-corrected chi connectivity index (χ3v) is 0.752. The van der Waals surface area contributed by atoms with E-state index in [2.05, 4.69) is 5.84 Å². The molecule has 0 bridgehead atoms. The van der Waals surface area contributed by atoms with Crippen LogP contribution in [0.3, 0.4) is 0 Å². The molecular formula is C2H4N2O3S. The van der Waals surface area contributed by atoms with Crippen LogP contribution < -0.4 is 11.3 Å². The summed E-state index contributed by atoms with van der Waals surface area (Å²) in [4.78, 5) is 9.94. The van der Waals surface area contributed by atoms with Gasteiger partial charge in [-0.3, -0.25) is 10.2 Å². The van der Waals surface area contributed by atoms with E-state index in [1.54, 1.807) is 5.43 Å². The van der Waals surface area contributed by atoms with Crippen molar-refractivity contribution in [2.45, 2.75) is 0 Å². The predicted molar refractivity (Wildman–Crippen MR) is 27.3 cm³/mol. The minimum absolute atomic E-state index is 0.431. The highest BCUT2D eigenvalue weighted by molar-refractivity contribution is 7.73. The molecule has 5 nitrogen and oxygen atoms in total. The Labute approximate surface area is 47.0 Å². The van der Waals surface area contributed by atoms with Crippen LogP contribution in [0.2, 0.25) is 0 Å². The maximum atomic E-state index is 9.94. The van der Waals surface area contributed by atoms with E-state index in [0.29, 0.717) is 5.37 Å². The zero-order chi connectivity index (χ0) is 6.57. The molecule has 0 spiro atoms. The van der Waals surface area contributed by atoms with Crippen molar-refractivity contribution in [3.05, 3.63) is 0 Å². The zero-order valence-electron chi connectivity index (χ0n) is 3.79. The molecule has 6 heteroatoms. The molecule has 3 N–H and O–H groups in total. The lowest BCUT2D eigenvalue weighted by molar-refractivity contribution is -0.114. The molecular weight excluding hydrogens is 132 g/mol. The Bertz CT molecular complexity index is 195. The van der Waals surface area contributed by atoms with E-state index in [-0.39, 0.29) is 0 Å². The van der Waals surface area contributed by atoms with Gasteiger partial charge in [0.1, 0.15) is 5.37 Å². The molecule has 0 aliphatic carbocycles. The first-order valence-corrected chi connectivity index (χ1v) is 2.74. The molecule has 0 fully saturated rings. The van der Waals surface area contributed by atoms with E-state index in [1.807, 2.05) is 0 Å². The average Bonchev–Trinajstić information content (AvgIpc) is 1.65. The minimum atomic E-state index is -2.46. The van der Waals surface area contributed by atoms with Crippen molar-refractivity contribution in [3.63, 3.8) is 0 Å². The average molecular weight is 136 g/mol. The Kier molecular flexibility index (Phi) is 2.82. The standard InChI is InChI=1S/C2H4N2O3S/c3-4-2(5)1-8(6)7/h1H,3H2,(H,4,5). The fourth-order valence-electron chi connectivity index (χ4n) is 0.121. The summed E-state index contributed by atoms with van der Waals surface area (Å²) in [6.45, 7) is 0. The number of nitrogens with two attached hydrogens (primary N) is 1. The number of amides is 1. The van der Waals surface area contributed by atoms with Crippen molar-refractivity contribution >= 4 is 21.6 Å². The van der Waals surface area contributed by atoms with E-state index in [1.165, 1.54) is 0 Å². The quantitative estimate of drug-likeness (QED) is 0.183. The van der Waals surface area contributed by atoms with Gasteiger partial charge in [0.25, 0.3) is 5.91 Å². The van der Waals surface area contributed by atoms with Gasteiger partial charge >= 0.3 is 0 Å². The number of carbonyl (C=O) groups excluding carboxylic acids is 1. The van der Waals surface area contributed by atoms with Crippen LogP contribution >= 0.6 is 0 Å². The Balaban J connectivity index is 4.12. The van der Waals surface area contributed by atoms with Crippen molar-refractivity contribution < 1.29 is 13.2 Å². The van der Waals surface area contributed by atoms with Gasteiger partial charge in [0.05, 0.1) is 0 Å². The van der Waals surface area contributed by atoms with E-state index < -0.39 is 16.2 Å². The Hall–Kier alpha value is -0.880. The molecule has 0 aliphatic rings. The lowest BCUT2D eigenvalue weighted by Crippen LogP contribution is -2.30. The zero-order valence-corrected chi connectivity index (χ0v) is 4.60. The van der Waals surface area contributed by atoms with Crippen molar-refractivity contribution in [2.24, 2.45) is 5.84 Å². The van der Waals surface area contributed by atoms with Crippen LogP contribution in [0.5, 0.6) is 0 Å². The van der Waals surface area contributed by atoms with Gasteiger partial charge in [0.15, 0.2) is 0 Å². The van der Waals surface area contributed by atoms with Crippen molar-refractivity contribution in [1.29, 1.82) is 0 Å². The number of nitrogens with one attached hydrogen (secondary N) is 1. The van der Waals surface area contributed by atoms with Crippen LogP contribution in [0.4, 0.5) is 0 Å². The maximum absolute atomic E-state index is 9.94. The number of carbonyl (C=O) groups is 1. The van der Waals surface area contributed by atoms with Crippen LogP contribution in [0, 0.1) is 0 Å². The topological polar surface area (TPSA) is 89.3 Å². The van der Waals surface area contributed by atoms with Gasteiger partial charge < -0.3 is 0 Å². The highest BCUT2D eigenvalue weighted by Crippen LogP contribution is 1.46. The summed E-state index contributed by atoms with van der Waals surface area (Å²) in [6, 6.07) is 0. The van der Waals surface area contributed by atoms with Crippen molar-refractivity contribution in [1.82, 2.24) is 5.43 Å². The number of hydrazine groups is 1. The smallest absolute Gasteiger partial charge is 0.273 e. The van der Waals surface area contributed by atoms with Crippen LogP contribution in [-0.4, -0.2) is 19.7 Å². The van der Waals surface area contributed by atoms with E-state index >= 15 is 0 Å². The molecule has 1 amide bonds. The molecule has 46 valence electrons. The summed E-state index contributed by atoms with van der Waals surface area (Å²) >= 11 is 0. The number of hydrogen-bond acceptors (Lipinski definition) is 4. The van der Waals surface area contributed by atoms with Crippen LogP contribution in [0.1, 0.15) is 0 Å². The molecule has 0 saturated carbocycles. The second-order valence-electron chi connectivity index (χ2n) is 0.887. The van der Waals surface area contributed by atoms with Gasteiger partial charge in [-0.1, -0.05) is 0 Å². The predicted octanol–water partition coefficient (Wildman–Crippen LogP) is -2.34. The summed E-state index contributed by atoms with van der Waals surface area (Å²) < 4.78 is 19.2. The molecule has 0 aromatic heterocycles. The molecule has 0 unspecified atom stereocenters. The first kappa shape index (κ1) is 7.12. The van der Waals surface area contributed by atoms with Gasteiger partial charge in [-0.05, 0) is 0 Å². The molecule has 8 heavy (non-hydrogen) atoms. The SMILES string of the molecule is NNC(=O)C=S(=O)=O. The number of rotatable bonds is 1. The third-order valence-electron chi connectivity index (χ3n) is 0.346. The molecule has 0 aliphatic heterocycles. The fraction of sp³-hybridized carbons (Fsp3) is 0. The molecule has 0 saturated heterocycles. The highest BCUT2D eigenvalue weighted by atomic mass is 32.2. The second-order valence-corrected chi connectivity index (χ2v) is 1.64. The summed E-state index contributed by atoms with van der Waals surface area (Å²) in [5.74, 6) is 3.68. The summed E-state index contributed by atoms with van der Waals surface area (Å²) in [5, 5.41) is 0.431. The third kappa shape index (κ3) is 3.32. The van der Waals surface area contributed by atoms with Gasteiger partial charge in [-0.15, -0.1) is 0 Å². The first-order valence-electron chi connectivity index (χ1n) is 1.60. The largest absolute Gasteiger partial charge is 0.290 e. The Morgan fingerprint density at radius 2 is 2.12 bits per heavy atom. The molecule has 0 heterocycles. The van der Waals surface area contributed by atoms with Gasteiger partial charge in [0, 0.05) is 0 Å². The maximum Gasteiger partial charge on any atom is 0.273 e. The van der Waals surface area contributed by atoms with Crippen LogP contribution in [-0.2, 0) is 15.1 Å². The minimum Gasteiger partial charge on any atom is -0.290 e. The van der Waals surface area contributed by atoms with Gasteiger partial charge in [-0.25, -0.2) is 5.84 Å². The second kappa shape index (κ2) is 3.16. The highest BCUT2D eigenvalue weighted by Gasteiger charge is 1.87. The Morgan fingerprint density at radius 1 is 1.62 bits per heavy atom. The summed E-state index contributed by atoms with van der Waals surface area (Å²) in [6.07, 6.45) is 0. The van der Waals surface area contributed by atoms with Crippen LogP contribution in [0.15, 0.2) is 0 Å². The lowest BCUT2D eigenvalue weighted by Gasteiger charge is -1.81. The van der Waals surface area contributed by atoms with Gasteiger partial charge in [-0.2, -0.15) is 8.42 Å². The normalized spacial score (nSPS) is 7.62. The molecule has 0 rings (SSSR count). The van der Waals surface area contributed by atoms with Crippen molar-refractivity contribution in [2.75, 3.05) is 0 Å². The fourth-order valence-corrected chi connectivity index (χ4v) is 0.364. The first-order chi connectivity index (χ1) is 3.66. The number of hydrogen-bond donors (Lipinski definition) is 2.